The van der Waals surface area contributed by atoms with Crippen LogP contribution in [-0.4, -0.2) is 39.3 Å². The van der Waals surface area contributed by atoms with Crippen molar-refractivity contribution in [3.05, 3.63) is 41.9 Å². The predicted molar refractivity (Wildman–Crippen MR) is 64.3 cm³/mol. The maximum absolute atomic E-state index is 11.6. The SMILES string of the molecule is O=c1[nH]cnc2c1ncn2-n1cnc2cncnc21. The molecule has 0 bridgehead atoms. The van der Waals surface area contributed by atoms with E-state index in [4.69, 9.17) is 0 Å². The Kier molecular flexibility index (Phi) is 1.79. The van der Waals surface area contributed by atoms with Gasteiger partial charge in [-0.05, 0) is 0 Å². The van der Waals surface area contributed by atoms with Crippen LogP contribution in [0.1, 0.15) is 0 Å². The number of nitrogens with one attached hydrogen (secondary N) is 1. The third-order valence-corrected chi connectivity index (χ3v) is 2.75. The molecule has 4 heterocycles. The van der Waals surface area contributed by atoms with Gasteiger partial charge in [0.05, 0.1) is 12.5 Å². The van der Waals surface area contributed by atoms with E-state index < -0.39 is 0 Å². The van der Waals surface area contributed by atoms with E-state index >= 15 is 0 Å². The van der Waals surface area contributed by atoms with E-state index in [1.165, 1.54) is 19.0 Å². The van der Waals surface area contributed by atoms with E-state index in [0.717, 1.165) is 0 Å². The summed E-state index contributed by atoms with van der Waals surface area (Å²) in [5, 5.41) is 0. The van der Waals surface area contributed by atoms with E-state index in [0.29, 0.717) is 16.8 Å². The predicted octanol–water partition coefficient (Wildman–Crippen LogP) is -0.429. The normalized spacial score (nSPS) is 11.4. The lowest BCUT2D eigenvalue weighted by Crippen LogP contribution is -2.11. The zero-order valence-corrected chi connectivity index (χ0v) is 9.43. The Morgan fingerprint density at radius 3 is 2.79 bits per heavy atom. The number of H-pyrrole nitrogens is 1. The topological polar surface area (TPSA) is 107 Å². The van der Waals surface area contributed by atoms with Crippen LogP contribution in [0.2, 0.25) is 0 Å². The molecule has 0 spiro atoms. The lowest BCUT2D eigenvalue weighted by Gasteiger charge is -2.03. The fourth-order valence-corrected chi connectivity index (χ4v) is 1.90. The minimum absolute atomic E-state index is 0.262. The van der Waals surface area contributed by atoms with E-state index in [2.05, 4.69) is 29.9 Å². The summed E-state index contributed by atoms with van der Waals surface area (Å²) in [6.45, 7) is 0. The highest BCUT2D eigenvalue weighted by Gasteiger charge is 2.11. The molecule has 4 rings (SSSR count). The Balaban J connectivity index is 2.10. The molecule has 0 fully saturated rings. The molecular weight excluding hydrogens is 248 g/mol. The first-order chi connectivity index (χ1) is 9.34. The van der Waals surface area contributed by atoms with E-state index in [1.54, 1.807) is 21.9 Å². The summed E-state index contributed by atoms with van der Waals surface area (Å²) in [4.78, 5) is 34.5. The van der Waals surface area contributed by atoms with Crippen LogP contribution in [0.4, 0.5) is 0 Å². The second-order valence-electron chi connectivity index (χ2n) is 3.81. The Hall–Kier alpha value is -3.10. The van der Waals surface area contributed by atoms with Crippen LogP contribution < -0.4 is 5.56 Å². The number of rotatable bonds is 1. The van der Waals surface area contributed by atoms with Crippen LogP contribution >= 0.6 is 0 Å². The largest absolute Gasteiger partial charge is 0.311 e. The maximum Gasteiger partial charge on any atom is 0.278 e. The summed E-state index contributed by atoms with van der Waals surface area (Å²) >= 11 is 0. The Morgan fingerprint density at radius 2 is 1.84 bits per heavy atom. The lowest BCUT2D eigenvalue weighted by molar-refractivity contribution is 0.687. The first-order valence-electron chi connectivity index (χ1n) is 5.39. The van der Waals surface area contributed by atoms with Crippen molar-refractivity contribution in [3.63, 3.8) is 0 Å². The van der Waals surface area contributed by atoms with Crippen LogP contribution in [0.25, 0.3) is 22.3 Å². The third kappa shape index (κ3) is 1.29. The molecule has 9 nitrogen and oxygen atoms in total. The molecule has 0 unspecified atom stereocenters. The van der Waals surface area contributed by atoms with Gasteiger partial charge in [0.25, 0.3) is 5.56 Å². The minimum Gasteiger partial charge on any atom is -0.311 e. The van der Waals surface area contributed by atoms with E-state index in [1.807, 2.05) is 0 Å². The molecule has 92 valence electrons. The van der Waals surface area contributed by atoms with Crippen molar-refractivity contribution in [1.29, 1.82) is 0 Å². The summed E-state index contributed by atoms with van der Waals surface area (Å²) in [6.07, 6.45) is 7.44. The third-order valence-electron chi connectivity index (χ3n) is 2.75. The van der Waals surface area contributed by atoms with Gasteiger partial charge in [0, 0.05) is 0 Å². The summed E-state index contributed by atoms with van der Waals surface area (Å²) in [6, 6.07) is 0. The van der Waals surface area contributed by atoms with Gasteiger partial charge in [0.15, 0.2) is 16.8 Å². The molecule has 19 heavy (non-hydrogen) atoms. The first kappa shape index (κ1) is 9.88. The molecule has 0 aliphatic carbocycles. The number of hydrogen-bond acceptors (Lipinski definition) is 6. The zero-order valence-electron chi connectivity index (χ0n) is 9.43. The summed E-state index contributed by atoms with van der Waals surface area (Å²) in [7, 11) is 0. The maximum atomic E-state index is 11.6. The zero-order chi connectivity index (χ0) is 12.8. The van der Waals surface area contributed by atoms with Crippen molar-refractivity contribution < 1.29 is 0 Å². The molecule has 0 amide bonds. The molecule has 0 aromatic carbocycles. The van der Waals surface area contributed by atoms with Crippen molar-refractivity contribution >= 4 is 22.3 Å². The number of nitrogens with zero attached hydrogens (tertiary/aromatic N) is 7. The second kappa shape index (κ2) is 3.45. The quantitative estimate of drug-likeness (QED) is 0.494. The van der Waals surface area contributed by atoms with Gasteiger partial charge in [-0.1, -0.05) is 0 Å². The van der Waals surface area contributed by atoms with Gasteiger partial charge in [0.2, 0.25) is 0 Å². The molecule has 0 saturated heterocycles. The van der Waals surface area contributed by atoms with Gasteiger partial charge in [0.1, 0.15) is 24.5 Å². The number of hydrogen-bond donors (Lipinski definition) is 1. The summed E-state index contributed by atoms with van der Waals surface area (Å²) in [5.41, 5.74) is 1.66. The number of aromatic amines is 1. The number of imidazole rings is 2. The Bertz CT molecular complexity index is 949. The molecule has 1 N–H and O–H groups in total. The molecular formula is C10H6N8O. The van der Waals surface area contributed by atoms with E-state index in [9.17, 15) is 4.79 Å². The molecule has 4 aromatic rings. The van der Waals surface area contributed by atoms with Gasteiger partial charge in [-0.3, -0.25) is 4.79 Å². The van der Waals surface area contributed by atoms with E-state index in [-0.39, 0.29) is 11.1 Å². The van der Waals surface area contributed by atoms with Crippen molar-refractivity contribution in [3.8, 4) is 0 Å². The van der Waals surface area contributed by atoms with Crippen molar-refractivity contribution in [2.24, 2.45) is 0 Å². The van der Waals surface area contributed by atoms with Gasteiger partial charge < -0.3 is 4.98 Å². The lowest BCUT2D eigenvalue weighted by atomic mass is 10.5. The van der Waals surface area contributed by atoms with Gasteiger partial charge >= 0.3 is 0 Å². The van der Waals surface area contributed by atoms with Crippen molar-refractivity contribution in [2.75, 3.05) is 0 Å². The fourth-order valence-electron chi connectivity index (χ4n) is 1.90. The van der Waals surface area contributed by atoms with Crippen molar-refractivity contribution in [2.45, 2.75) is 0 Å². The van der Waals surface area contributed by atoms with Crippen LogP contribution in [0.3, 0.4) is 0 Å². The highest BCUT2D eigenvalue weighted by atomic mass is 16.1. The Morgan fingerprint density at radius 1 is 1.00 bits per heavy atom. The average Bonchev–Trinajstić information content (AvgIpc) is 3.02. The Labute approximate surface area is 104 Å². The van der Waals surface area contributed by atoms with Gasteiger partial charge in [-0.15, -0.1) is 0 Å². The van der Waals surface area contributed by atoms with Gasteiger partial charge in [-0.25, -0.2) is 34.3 Å². The molecule has 0 atom stereocenters. The van der Waals surface area contributed by atoms with Gasteiger partial charge in [-0.2, -0.15) is 0 Å². The monoisotopic (exact) mass is 254 g/mol. The second-order valence-corrected chi connectivity index (χ2v) is 3.81. The smallest absolute Gasteiger partial charge is 0.278 e. The van der Waals surface area contributed by atoms with Crippen LogP contribution in [-0.2, 0) is 0 Å². The van der Waals surface area contributed by atoms with Crippen molar-refractivity contribution in [1.82, 2.24) is 39.3 Å². The highest BCUT2D eigenvalue weighted by molar-refractivity contribution is 5.72. The molecule has 0 aliphatic heterocycles. The standard InChI is InChI=1S/C10H6N8O/c19-10-7-9(13-3-14-10)18(5-16-7)17-4-15-6-1-11-2-12-8(6)17/h1-5H,(H,13,14,19). The first-order valence-corrected chi connectivity index (χ1v) is 5.39. The molecule has 0 saturated carbocycles. The molecule has 0 aliphatic rings. The average molecular weight is 254 g/mol. The summed E-state index contributed by atoms with van der Waals surface area (Å²) < 4.78 is 3.26. The summed E-state index contributed by atoms with van der Waals surface area (Å²) in [5.74, 6) is 0. The van der Waals surface area contributed by atoms with Crippen LogP contribution in [0, 0.1) is 0 Å². The molecule has 9 heteroatoms. The highest BCUT2D eigenvalue weighted by Crippen LogP contribution is 2.11. The fraction of sp³-hybridized carbons (Fsp3) is 0. The number of aromatic nitrogens is 8. The number of fused-ring (bicyclic) bond motifs is 2. The molecule has 4 aromatic heterocycles. The van der Waals surface area contributed by atoms with Crippen LogP contribution in [0.5, 0.6) is 0 Å². The minimum atomic E-state index is -0.289. The molecule has 0 radical (unpaired) electrons. The van der Waals surface area contributed by atoms with Crippen LogP contribution in [0.15, 0.2) is 36.3 Å².